The second-order valence-electron chi connectivity index (χ2n) is 3.43. The molecule has 0 radical (unpaired) electrons. The lowest BCUT2D eigenvalue weighted by Gasteiger charge is -2.11. The number of hydrogen-bond donors (Lipinski definition) is 2. The van der Waals surface area contributed by atoms with Crippen molar-refractivity contribution in [2.75, 3.05) is 11.9 Å². The van der Waals surface area contributed by atoms with E-state index in [9.17, 15) is 13.6 Å². The molecule has 3 nitrogen and oxygen atoms in total. The number of carbonyl (C=O) groups is 1. The Morgan fingerprint density at radius 3 is 2.69 bits per heavy atom. The van der Waals surface area contributed by atoms with Crippen LogP contribution < -0.4 is 11.1 Å². The number of halogens is 3. The molecule has 0 saturated carbocycles. The monoisotopic (exact) mass is 292 g/mol. The van der Waals surface area contributed by atoms with Gasteiger partial charge < -0.3 is 11.1 Å². The number of primary amides is 1. The lowest BCUT2D eigenvalue weighted by Crippen LogP contribution is -2.27. The molecule has 0 saturated heterocycles. The van der Waals surface area contributed by atoms with Crippen LogP contribution in [0.15, 0.2) is 16.6 Å². The van der Waals surface area contributed by atoms with Crippen molar-refractivity contribution >= 4 is 27.5 Å². The first kappa shape index (κ1) is 12.9. The van der Waals surface area contributed by atoms with Gasteiger partial charge in [-0.3, -0.25) is 4.79 Å². The maximum Gasteiger partial charge on any atom is 0.222 e. The number of anilines is 1. The Kier molecular flexibility index (Phi) is 4.23. The van der Waals surface area contributed by atoms with Gasteiger partial charge in [0.05, 0.1) is 16.1 Å². The van der Waals surface area contributed by atoms with Gasteiger partial charge in [0.2, 0.25) is 5.91 Å². The molecule has 1 aromatic carbocycles. The van der Waals surface area contributed by atoms with E-state index in [1.165, 1.54) is 6.07 Å². The van der Waals surface area contributed by atoms with E-state index >= 15 is 0 Å². The SMILES string of the molecule is CC(CNc1cc(Br)c(F)cc1F)C(N)=O. The van der Waals surface area contributed by atoms with E-state index < -0.39 is 23.5 Å². The standard InChI is InChI=1S/C10H11BrF2N2O/c1-5(10(14)16)4-15-9-2-6(11)7(12)3-8(9)13/h2-3,5,15H,4H2,1H3,(H2,14,16). The van der Waals surface area contributed by atoms with Gasteiger partial charge in [-0.1, -0.05) is 6.92 Å². The molecule has 1 amide bonds. The second kappa shape index (κ2) is 5.25. The third-order valence-corrected chi connectivity index (χ3v) is 2.70. The zero-order chi connectivity index (χ0) is 12.3. The van der Waals surface area contributed by atoms with E-state index in [1.54, 1.807) is 6.92 Å². The summed E-state index contributed by atoms with van der Waals surface area (Å²) < 4.78 is 26.3. The highest BCUT2D eigenvalue weighted by molar-refractivity contribution is 9.10. The van der Waals surface area contributed by atoms with E-state index in [1.807, 2.05) is 0 Å². The predicted molar refractivity (Wildman–Crippen MR) is 60.9 cm³/mol. The Bertz CT molecular complexity index is 412. The quantitative estimate of drug-likeness (QED) is 0.837. The van der Waals surface area contributed by atoms with Gasteiger partial charge >= 0.3 is 0 Å². The van der Waals surface area contributed by atoms with Crippen LogP contribution >= 0.6 is 15.9 Å². The summed E-state index contributed by atoms with van der Waals surface area (Å²) >= 11 is 2.94. The van der Waals surface area contributed by atoms with Crippen molar-refractivity contribution in [1.82, 2.24) is 0 Å². The average Bonchev–Trinajstić information content (AvgIpc) is 2.20. The predicted octanol–water partition coefficient (Wildman–Crippen LogP) is 2.26. The highest BCUT2D eigenvalue weighted by atomic mass is 79.9. The molecule has 0 heterocycles. The fourth-order valence-electron chi connectivity index (χ4n) is 1.02. The number of nitrogens with one attached hydrogen (secondary N) is 1. The number of rotatable bonds is 4. The smallest absolute Gasteiger partial charge is 0.222 e. The zero-order valence-corrected chi connectivity index (χ0v) is 10.1. The van der Waals surface area contributed by atoms with Gasteiger partial charge in [0.1, 0.15) is 11.6 Å². The molecule has 0 aliphatic rings. The van der Waals surface area contributed by atoms with E-state index in [-0.39, 0.29) is 16.7 Å². The van der Waals surface area contributed by atoms with Crippen molar-refractivity contribution in [3.63, 3.8) is 0 Å². The van der Waals surface area contributed by atoms with Gasteiger partial charge in [0, 0.05) is 12.6 Å². The molecule has 0 aromatic heterocycles. The van der Waals surface area contributed by atoms with Gasteiger partial charge in [-0.25, -0.2) is 8.78 Å². The van der Waals surface area contributed by atoms with Crippen LogP contribution in [-0.2, 0) is 4.79 Å². The molecule has 0 aliphatic carbocycles. The first-order valence-electron chi connectivity index (χ1n) is 4.59. The van der Waals surface area contributed by atoms with Gasteiger partial charge in [-0.15, -0.1) is 0 Å². The molecule has 16 heavy (non-hydrogen) atoms. The largest absolute Gasteiger partial charge is 0.382 e. The molecule has 0 fully saturated rings. The molecule has 0 aliphatic heterocycles. The summed E-state index contributed by atoms with van der Waals surface area (Å²) in [5, 5.41) is 2.69. The van der Waals surface area contributed by atoms with E-state index in [2.05, 4.69) is 21.2 Å². The Morgan fingerprint density at radius 1 is 1.50 bits per heavy atom. The van der Waals surface area contributed by atoms with Crippen LogP contribution in [0.5, 0.6) is 0 Å². The summed E-state index contributed by atoms with van der Waals surface area (Å²) in [4.78, 5) is 10.7. The Hall–Kier alpha value is -1.17. The van der Waals surface area contributed by atoms with Gasteiger partial charge in [-0.05, 0) is 22.0 Å². The van der Waals surface area contributed by atoms with Crippen LogP contribution in [0.1, 0.15) is 6.92 Å². The normalized spacial score (nSPS) is 12.2. The maximum atomic E-state index is 13.2. The molecule has 1 atom stereocenters. The average molecular weight is 293 g/mol. The van der Waals surface area contributed by atoms with Crippen LogP contribution in [0.25, 0.3) is 0 Å². The van der Waals surface area contributed by atoms with Crippen molar-refractivity contribution in [2.45, 2.75) is 6.92 Å². The van der Waals surface area contributed by atoms with Crippen LogP contribution in [0.4, 0.5) is 14.5 Å². The first-order chi connectivity index (χ1) is 7.41. The summed E-state index contributed by atoms with van der Waals surface area (Å²) in [6, 6.07) is 2.04. The molecule has 0 bridgehead atoms. The maximum absolute atomic E-state index is 13.2. The summed E-state index contributed by atoms with van der Waals surface area (Å²) in [5.74, 6) is -2.29. The summed E-state index contributed by atoms with van der Waals surface area (Å²) in [7, 11) is 0. The highest BCUT2D eigenvalue weighted by Crippen LogP contribution is 2.23. The molecule has 6 heteroatoms. The van der Waals surface area contributed by atoms with Gasteiger partial charge in [-0.2, -0.15) is 0 Å². The van der Waals surface area contributed by atoms with Gasteiger partial charge in [0.25, 0.3) is 0 Å². The van der Waals surface area contributed by atoms with Crippen LogP contribution in [0.3, 0.4) is 0 Å². The van der Waals surface area contributed by atoms with Crippen molar-refractivity contribution in [3.05, 3.63) is 28.2 Å². The van der Waals surface area contributed by atoms with Crippen LogP contribution in [0, 0.1) is 17.6 Å². The lowest BCUT2D eigenvalue weighted by molar-refractivity contribution is -0.120. The number of amides is 1. The molecule has 88 valence electrons. The minimum atomic E-state index is -0.711. The first-order valence-corrected chi connectivity index (χ1v) is 5.39. The van der Waals surface area contributed by atoms with Crippen molar-refractivity contribution < 1.29 is 13.6 Å². The van der Waals surface area contributed by atoms with E-state index in [4.69, 9.17) is 5.73 Å². The molecule has 1 unspecified atom stereocenters. The Balaban J connectivity index is 2.74. The summed E-state index contributed by atoms with van der Waals surface area (Å²) in [5.41, 5.74) is 5.18. The molecule has 1 aromatic rings. The molecule has 0 spiro atoms. The summed E-state index contributed by atoms with van der Waals surface area (Å²) in [6.45, 7) is 1.82. The van der Waals surface area contributed by atoms with E-state index in [0.717, 1.165) is 6.07 Å². The summed E-state index contributed by atoms with van der Waals surface area (Å²) in [6.07, 6.45) is 0. The lowest BCUT2D eigenvalue weighted by atomic mass is 10.1. The fraction of sp³-hybridized carbons (Fsp3) is 0.300. The highest BCUT2D eigenvalue weighted by Gasteiger charge is 2.11. The van der Waals surface area contributed by atoms with Gasteiger partial charge in [0.15, 0.2) is 0 Å². The minimum Gasteiger partial charge on any atom is -0.382 e. The third kappa shape index (κ3) is 3.16. The zero-order valence-electron chi connectivity index (χ0n) is 8.56. The fourth-order valence-corrected chi connectivity index (χ4v) is 1.37. The third-order valence-electron chi connectivity index (χ3n) is 2.09. The van der Waals surface area contributed by atoms with Crippen molar-refractivity contribution in [3.8, 4) is 0 Å². The Labute approximate surface area is 100 Å². The molecular formula is C10H11BrF2N2O. The van der Waals surface area contributed by atoms with Crippen LogP contribution in [0.2, 0.25) is 0 Å². The number of nitrogens with two attached hydrogens (primary N) is 1. The second-order valence-corrected chi connectivity index (χ2v) is 4.28. The number of hydrogen-bond acceptors (Lipinski definition) is 2. The molecular weight excluding hydrogens is 282 g/mol. The molecule has 3 N–H and O–H groups in total. The number of benzene rings is 1. The van der Waals surface area contributed by atoms with E-state index in [0.29, 0.717) is 0 Å². The number of carbonyl (C=O) groups excluding carboxylic acids is 1. The minimum absolute atomic E-state index is 0.126. The van der Waals surface area contributed by atoms with Crippen LogP contribution in [-0.4, -0.2) is 12.5 Å². The topological polar surface area (TPSA) is 55.1 Å². The molecule has 1 rings (SSSR count). The Morgan fingerprint density at radius 2 is 2.12 bits per heavy atom. The van der Waals surface area contributed by atoms with Crippen molar-refractivity contribution in [1.29, 1.82) is 0 Å². The van der Waals surface area contributed by atoms with Crippen molar-refractivity contribution in [2.24, 2.45) is 11.7 Å².